The molecule has 0 fully saturated rings. The maximum atomic E-state index is 5.05. The van der Waals surface area contributed by atoms with Gasteiger partial charge in [-0.05, 0) is 88.0 Å². The second kappa shape index (κ2) is 13.3. The predicted octanol–water partition coefficient (Wildman–Crippen LogP) is 14.8. The molecular weight excluding hydrogens is 681 g/mol. The van der Waals surface area contributed by atoms with Crippen LogP contribution in [0.25, 0.3) is 74.3 Å². The molecule has 0 aliphatic heterocycles. The number of nitrogens with zero attached hydrogens (tertiary/aromatic N) is 2. The monoisotopic (exact) mass is 712 g/mol. The first-order valence-corrected chi connectivity index (χ1v) is 19.4. The molecule has 4 heteroatoms. The molecule has 0 bridgehead atoms. The lowest BCUT2D eigenvalue weighted by molar-refractivity contribution is 1.29. The zero-order valence-electron chi connectivity index (χ0n) is 28.7. The normalized spacial score (nSPS) is 11.4. The van der Waals surface area contributed by atoms with Crippen molar-refractivity contribution >= 4 is 70.1 Å². The lowest BCUT2D eigenvalue weighted by Crippen LogP contribution is -2.10. The van der Waals surface area contributed by atoms with E-state index in [0.717, 1.165) is 33.1 Å². The molecule has 10 rings (SSSR count). The third-order valence-electron chi connectivity index (χ3n) is 9.88. The number of hydrogen-bond donors (Lipinski definition) is 0. The van der Waals surface area contributed by atoms with Crippen molar-refractivity contribution in [1.29, 1.82) is 0 Å². The van der Waals surface area contributed by atoms with E-state index in [0.29, 0.717) is 0 Å². The first kappa shape index (κ1) is 31.4. The maximum Gasteiger partial charge on any atom is 0.124 e. The first-order valence-electron chi connectivity index (χ1n) is 17.8. The Labute approximate surface area is 316 Å². The number of thiophene rings is 1. The number of hydrogen-bond acceptors (Lipinski definition) is 4. The van der Waals surface area contributed by atoms with Crippen LogP contribution in [0.15, 0.2) is 194 Å². The fourth-order valence-electron chi connectivity index (χ4n) is 7.29. The van der Waals surface area contributed by atoms with Crippen LogP contribution >= 0.6 is 22.7 Å². The van der Waals surface area contributed by atoms with Crippen molar-refractivity contribution < 1.29 is 0 Å². The fourth-order valence-corrected chi connectivity index (χ4v) is 9.64. The molecule has 8 aromatic carbocycles. The second-order valence-corrected chi connectivity index (χ2v) is 15.3. The molecule has 10 aromatic rings. The highest BCUT2D eigenvalue weighted by Gasteiger charge is 2.19. The molecule has 0 saturated carbocycles. The Balaban J connectivity index is 1.16. The third kappa shape index (κ3) is 5.88. The van der Waals surface area contributed by atoms with E-state index in [-0.39, 0.29) is 0 Å². The van der Waals surface area contributed by atoms with Crippen LogP contribution in [0.3, 0.4) is 0 Å². The van der Waals surface area contributed by atoms with Crippen molar-refractivity contribution in [3.05, 3.63) is 194 Å². The standard InChI is InChI=1S/C49H32N2S2/c1-5-13-33(14-6-1)36-21-23-40(24-22-36)51(42-30-38(34-15-7-2-8-16-34)29-39(31-42)35-17-9-3-10-18-35)41-25-26-43-46(32-41)52-45-28-27-44-48(47(43)45)53-49(50-44)37-19-11-4-12-20-37/h1-32H. The van der Waals surface area contributed by atoms with Crippen LogP contribution in [0.4, 0.5) is 17.1 Å². The number of benzene rings is 8. The number of anilines is 3. The first-order chi connectivity index (χ1) is 26.2. The molecule has 0 spiro atoms. The minimum absolute atomic E-state index is 1.05. The molecule has 0 radical (unpaired) electrons. The zero-order chi connectivity index (χ0) is 35.1. The topological polar surface area (TPSA) is 16.1 Å². The summed E-state index contributed by atoms with van der Waals surface area (Å²) in [6.07, 6.45) is 0. The van der Waals surface area contributed by atoms with Gasteiger partial charge < -0.3 is 4.90 Å². The van der Waals surface area contributed by atoms with Crippen LogP contribution in [-0.4, -0.2) is 4.98 Å². The van der Waals surface area contributed by atoms with Crippen LogP contribution in [0.2, 0.25) is 0 Å². The van der Waals surface area contributed by atoms with Crippen LogP contribution in [0.5, 0.6) is 0 Å². The summed E-state index contributed by atoms with van der Waals surface area (Å²) in [4.78, 5) is 7.46. The summed E-state index contributed by atoms with van der Waals surface area (Å²) in [5.74, 6) is 0. The highest BCUT2D eigenvalue weighted by atomic mass is 32.1. The maximum absolute atomic E-state index is 5.05. The van der Waals surface area contributed by atoms with Crippen LogP contribution in [0, 0.1) is 0 Å². The van der Waals surface area contributed by atoms with Gasteiger partial charge in [0.15, 0.2) is 0 Å². The molecular formula is C49H32N2S2. The van der Waals surface area contributed by atoms with Gasteiger partial charge >= 0.3 is 0 Å². The van der Waals surface area contributed by atoms with Crippen molar-refractivity contribution in [2.24, 2.45) is 0 Å². The van der Waals surface area contributed by atoms with Gasteiger partial charge in [-0.2, -0.15) is 0 Å². The molecule has 2 aromatic heterocycles. The molecule has 250 valence electrons. The Hall–Kier alpha value is -6.33. The van der Waals surface area contributed by atoms with Gasteiger partial charge in [0.1, 0.15) is 5.01 Å². The summed E-state index contributed by atoms with van der Waals surface area (Å²) in [5.41, 5.74) is 12.7. The molecule has 0 aliphatic rings. The highest BCUT2D eigenvalue weighted by molar-refractivity contribution is 7.28. The number of aromatic nitrogens is 1. The Kier molecular flexibility index (Phi) is 7.90. The van der Waals surface area contributed by atoms with Crippen molar-refractivity contribution in [1.82, 2.24) is 4.98 Å². The van der Waals surface area contributed by atoms with E-state index in [9.17, 15) is 0 Å². The van der Waals surface area contributed by atoms with E-state index < -0.39 is 0 Å². The number of fused-ring (bicyclic) bond motifs is 5. The molecule has 2 heterocycles. The number of rotatable bonds is 7. The van der Waals surface area contributed by atoms with Crippen LogP contribution in [0.1, 0.15) is 0 Å². The van der Waals surface area contributed by atoms with Gasteiger partial charge in [0.2, 0.25) is 0 Å². The van der Waals surface area contributed by atoms with Crippen LogP contribution in [-0.2, 0) is 0 Å². The third-order valence-corrected chi connectivity index (χ3v) is 12.1. The molecule has 0 saturated heterocycles. The molecule has 0 atom stereocenters. The van der Waals surface area contributed by atoms with E-state index in [1.165, 1.54) is 58.3 Å². The predicted molar refractivity (Wildman–Crippen MR) is 229 cm³/mol. The average molecular weight is 713 g/mol. The second-order valence-electron chi connectivity index (χ2n) is 13.2. The van der Waals surface area contributed by atoms with Gasteiger partial charge in [-0.15, -0.1) is 22.7 Å². The molecule has 0 amide bonds. The minimum Gasteiger partial charge on any atom is -0.310 e. The van der Waals surface area contributed by atoms with Gasteiger partial charge in [-0.1, -0.05) is 140 Å². The van der Waals surface area contributed by atoms with E-state index in [4.69, 9.17) is 4.98 Å². The summed E-state index contributed by atoms with van der Waals surface area (Å²) in [6.45, 7) is 0. The van der Waals surface area contributed by atoms with E-state index in [2.05, 4.69) is 199 Å². The highest BCUT2D eigenvalue weighted by Crippen LogP contribution is 2.46. The van der Waals surface area contributed by atoms with E-state index in [1.807, 2.05) is 11.3 Å². The lowest BCUT2D eigenvalue weighted by Gasteiger charge is -2.27. The SMILES string of the molecule is c1ccc(-c2ccc(N(c3cc(-c4ccccc4)cc(-c4ccccc4)c3)c3ccc4c(c3)sc3ccc5nc(-c6ccccc6)sc5c34)cc2)cc1. The molecule has 0 aliphatic carbocycles. The van der Waals surface area contributed by atoms with Crippen molar-refractivity contribution in [2.75, 3.05) is 4.90 Å². The molecule has 0 N–H and O–H groups in total. The van der Waals surface area contributed by atoms with E-state index in [1.54, 1.807) is 11.3 Å². The van der Waals surface area contributed by atoms with Gasteiger partial charge in [0, 0.05) is 42.8 Å². The lowest BCUT2D eigenvalue weighted by atomic mass is 9.97. The van der Waals surface area contributed by atoms with Crippen molar-refractivity contribution in [3.8, 4) is 44.0 Å². The van der Waals surface area contributed by atoms with Gasteiger partial charge in [-0.25, -0.2) is 4.98 Å². The molecule has 0 unspecified atom stereocenters. The van der Waals surface area contributed by atoms with E-state index >= 15 is 0 Å². The summed E-state index contributed by atoms with van der Waals surface area (Å²) in [7, 11) is 0. The van der Waals surface area contributed by atoms with Crippen molar-refractivity contribution in [2.45, 2.75) is 0 Å². The van der Waals surface area contributed by atoms with Gasteiger partial charge in [-0.3, -0.25) is 0 Å². The summed E-state index contributed by atoms with van der Waals surface area (Å²) in [5, 5.41) is 3.62. The summed E-state index contributed by atoms with van der Waals surface area (Å²) < 4.78 is 3.79. The Morgan fingerprint density at radius 3 is 1.49 bits per heavy atom. The Morgan fingerprint density at radius 1 is 0.358 bits per heavy atom. The van der Waals surface area contributed by atoms with Gasteiger partial charge in [0.05, 0.1) is 10.2 Å². The molecule has 2 nitrogen and oxygen atoms in total. The quantitative estimate of drug-likeness (QED) is 0.164. The largest absolute Gasteiger partial charge is 0.310 e. The smallest absolute Gasteiger partial charge is 0.124 e. The Bertz CT molecular complexity index is 2800. The Morgan fingerprint density at radius 2 is 0.887 bits per heavy atom. The van der Waals surface area contributed by atoms with Gasteiger partial charge in [0.25, 0.3) is 0 Å². The molecule has 53 heavy (non-hydrogen) atoms. The summed E-state index contributed by atoms with van der Waals surface area (Å²) in [6, 6.07) is 69.8. The fraction of sp³-hybridized carbons (Fsp3) is 0. The zero-order valence-corrected chi connectivity index (χ0v) is 30.3. The van der Waals surface area contributed by atoms with Crippen molar-refractivity contribution in [3.63, 3.8) is 0 Å². The number of thiazole rings is 1. The average Bonchev–Trinajstić information content (AvgIpc) is 3.84. The summed E-state index contributed by atoms with van der Waals surface area (Å²) >= 11 is 3.64. The minimum atomic E-state index is 1.05. The van der Waals surface area contributed by atoms with Crippen LogP contribution < -0.4 is 4.90 Å².